The van der Waals surface area contributed by atoms with Crippen LogP contribution >= 0.6 is 27.7 Å². The predicted molar refractivity (Wildman–Crippen MR) is 88.0 cm³/mol. The molecule has 5 heteroatoms. The average Bonchev–Trinajstić information content (AvgIpc) is 2.76. The minimum atomic E-state index is 0.0413. The Bertz CT molecular complexity index is 360. The fraction of sp³-hybridized carbons (Fsp3) is 0.933. The van der Waals surface area contributed by atoms with Crippen LogP contribution in [0.4, 0.5) is 0 Å². The van der Waals surface area contributed by atoms with Crippen molar-refractivity contribution in [2.45, 2.75) is 73.0 Å². The monoisotopic (exact) mass is 360 g/mol. The number of nitrogens with zero attached hydrogens (tertiary/aromatic N) is 1. The minimum Gasteiger partial charge on any atom is -0.307 e. The fourth-order valence-corrected chi connectivity index (χ4v) is 6.00. The molecule has 3 atom stereocenters. The van der Waals surface area contributed by atoms with E-state index < -0.39 is 0 Å². The summed E-state index contributed by atoms with van der Waals surface area (Å²) in [6.07, 6.45) is 9.53. The molecular weight excluding hydrogens is 336 g/mol. The number of ketones is 1. The molecule has 2 aliphatic carbocycles. The van der Waals surface area contributed by atoms with Crippen LogP contribution in [0.2, 0.25) is 0 Å². The topological polar surface area (TPSA) is 46.3 Å². The van der Waals surface area contributed by atoms with E-state index in [-0.39, 0.29) is 11.4 Å². The number of halogens is 1. The Hall–Kier alpha value is 0.420. The normalized spacial score (nSPS) is 42.4. The van der Waals surface area contributed by atoms with E-state index in [0.29, 0.717) is 28.4 Å². The smallest absolute Gasteiger partial charge is 0.150 e. The van der Waals surface area contributed by atoms with Crippen LogP contribution in [0.1, 0.15) is 51.4 Å². The number of fused-ring (bicyclic) bond motifs is 1. The van der Waals surface area contributed by atoms with Gasteiger partial charge in [-0.3, -0.25) is 9.69 Å². The fourth-order valence-electron chi connectivity index (χ4n) is 3.95. The van der Waals surface area contributed by atoms with E-state index >= 15 is 0 Å². The molecule has 1 aliphatic heterocycles. The highest BCUT2D eigenvalue weighted by Crippen LogP contribution is 2.41. The Labute approximate surface area is 134 Å². The lowest BCUT2D eigenvalue weighted by atomic mass is 9.85. The summed E-state index contributed by atoms with van der Waals surface area (Å²) in [7, 11) is 0. The molecular formula is C15H25BrN2OS. The van der Waals surface area contributed by atoms with Crippen LogP contribution in [0.5, 0.6) is 0 Å². The third kappa shape index (κ3) is 3.26. The molecule has 1 saturated heterocycles. The van der Waals surface area contributed by atoms with Crippen LogP contribution in [-0.4, -0.2) is 38.8 Å². The van der Waals surface area contributed by atoms with E-state index in [1.54, 1.807) is 0 Å². The number of thioether (sulfide) groups is 1. The maximum Gasteiger partial charge on any atom is 0.150 e. The first-order chi connectivity index (χ1) is 9.65. The number of alkyl halides is 1. The molecule has 2 saturated carbocycles. The van der Waals surface area contributed by atoms with Gasteiger partial charge in [-0.1, -0.05) is 28.8 Å². The van der Waals surface area contributed by atoms with Gasteiger partial charge in [-0.05, 0) is 38.5 Å². The second-order valence-corrected chi connectivity index (χ2v) is 9.16. The molecule has 0 bridgehead atoms. The van der Waals surface area contributed by atoms with Crippen molar-refractivity contribution >= 4 is 33.5 Å². The molecule has 3 rings (SSSR count). The SMILES string of the molecule is NC1SC2CCCCC2N1CC(=O)C1CCC(Br)CC1. The van der Waals surface area contributed by atoms with Crippen LogP contribution in [0.15, 0.2) is 0 Å². The van der Waals surface area contributed by atoms with Crippen LogP contribution in [0.25, 0.3) is 0 Å². The Kier molecular flexibility index (Phi) is 5.11. The van der Waals surface area contributed by atoms with Crippen LogP contribution in [0, 0.1) is 5.92 Å². The summed E-state index contributed by atoms with van der Waals surface area (Å²) in [4.78, 5) is 15.5. The summed E-state index contributed by atoms with van der Waals surface area (Å²) in [6, 6.07) is 0.556. The van der Waals surface area contributed by atoms with Gasteiger partial charge in [0.15, 0.2) is 0 Å². The molecule has 2 N–H and O–H groups in total. The van der Waals surface area contributed by atoms with E-state index in [2.05, 4.69) is 20.8 Å². The standard InChI is InChI=1S/C15H25BrN2OS/c16-11-7-5-10(6-8-11)13(19)9-18-12-3-1-2-4-14(12)20-15(18)17/h10-12,14-15H,1-9,17H2. The summed E-state index contributed by atoms with van der Waals surface area (Å²) >= 11 is 5.55. The van der Waals surface area contributed by atoms with Gasteiger partial charge < -0.3 is 5.73 Å². The zero-order valence-corrected chi connectivity index (χ0v) is 14.4. The molecule has 0 amide bonds. The quantitative estimate of drug-likeness (QED) is 0.785. The van der Waals surface area contributed by atoms with E-state index in [1.165, 1.54) is 25.7 Å². The first-order valence-electron chi connectivity index (χ1n) is 7.98. The highest BCUT2D eigenvalue weighted by atomic mass is 79.9. The van der Waals surface area contributed by atoms with E-state index in [9.17, 15) is 4.79 Å². The average molecular weight is 361 g/mol. The number of hydrogen-bond acceptors (Lipinski definition) is 4. The summed E-state index contributed by atoms with van der Waals surface area (Å²) in [5, 5.41) is 0.671. The molecule has 0 aromatic rings. The zero-order chi connectivity index (χ0) is 14.1. The van der Waals surface area contributed by atoms with E-state index in [0.717, 1.165) is 25.7 Å². The molecule has 0 aromatic heterocycles. The Morgan fingerprint density at radius 2 is 1.85 bits per heavy atom. The lowest BCUT2D eigenvalue weighted by molar-refractivity contribution is -0.125. The van der Waals surface area contributed by atoms with Crippen LogP contribution in [-0.2, 0) is 4.79 Å². The number of carbonyl (C=O) groups excluding carboxylic acids is 1. The number of carbonyl (C=O) groups is 1. The van der Waals surface area contributed by atoms with Gasteiger partial charge >= 0.3 is 0 Å². The lowest BCUT2D eigenvalue weighted by Crippen LogP contribution is -2.47. The number of Topliss-reactive ketones (excluding diaryl/α,β-unsaturated/α-hetero) is 1. The van der Waals surface area contributed by atoms with Crippen molar-refractivity contribution in [1.29, 1.82) is 0 Å². The van der Waals surface area contributed by atoms with Gasteiger partial charge in [-0.15, -0.1) is 11.8 Å². The highest BCUT2D eigenvalue weighted by Gasteiger charge is 2.42. The maximum absolute atomic E-state index is 12.6. The second-order valence-electron chi connectivity index (χ2n) is 6.50. The van der Waals surface area contributed by atoms with Crippen molar-refractivity contribution in [1.82, 2.24) is 4.90 Å². The van der Waals surface area contributed by atoms with Gasteiger partial charge in [0, 0.05) is 22.0 Å². The number of hydrogen-bond donors (Lipinski definition) is 1. The summed E-state index contributed by atoms with van der Waals surface area (Å²) in [6.45, 7) is 0.590. The zero-order valence-electron chi connectivity index (χ0n) is 12.0. The first kappa shape index (κ1) is 15.3. The van der Waals surface area contributed by atoms with Crippen LogP contribution < -0.4 is 5.73 Å². The molecule has 3 fully saturated rings. The summed E-state index contributed by atoms with van der Waals surface area (Å²) in [5.74, 6) is 0.718. The molecule has 1 heterocycles. The van der Waals surface area contributed by atoms with Crippen molar-refractivity contribution in [3.05, 3.63) is 0 Å². The molecule has 0 spiro atoms. The van der Waals surface area contributed by atoms with Gasteiger partial charge in [-0.2, -0.15) is 0 Å². The van der Waals surface area contributed by atoms with E-state index in [1.807, 2.05) is 11.8 Å². The van der Waals surface area contributed by atoms with Crippen molar-refractivity contribution in [3.8, 4) is 0 Å². The molecule has 20 heavy (non-hydrogen) atoms. The molecule has 3 aliphatic rings. The van der Waals surface area contributed by atoms with Gasteiger partial charge in [0.25, 0.3) is 0 Å². The van der Waals surface area contributed by atoms with Crippen molar-refractivity contribution in [2.75, 3.05) is 6.54 Å². The third-order valence-corrected chi connectivity index (χ3v) is 7.55. The van der Waals surface area contributed by atoms with Gasteiger partial charge in [0.2, 0.25) is 0 Å². The van der Waals surface area contributed by atoms with Crippen molar-refractivity contribution in [2.24, 2.45) is 11.7 Å². The van der Waals surface area contributed by atoms with Gasteiger partial charge in [-0.25, -0.2) is 0 Å². The van der Waals surface area contributed by atoms with Gasteiger partial charge in [0.1, 0.15) is 11.3 Å². The molecule has 0 aromatic carbocycles. The second kappa shape index (κ2) is 6.67. The van der Waals surface area contributed by atoms with Crippen molar-refractivity contribution < 1.29 is 4.79 Å². The maximum atomic E-state index is 12.6. The molecule has 3 nitrogen and oxygen atoms in total. The lowest BCUT2D eigenvalue weighted by Gasteiger charge is -2.33. The summed E-state index contributed by atoms with van der Waals surface area (Å²) in [5.41, 5.74) is 6.31. The summed E-state index contributed by atoms with van der Waals surface area (Å²) < 4.78 is 0. The van der Waals surface area contributed by atoms with Gasteiger partial charge in [0.05, 0.1) is 6.54 Å². The Morgan fingerprint density at radius 3 is 2.60 bits per heavy atom. The molecule has 3 unspecified atom stereocenters. The highest BCUT2D eigenvalue weighted by molar-refractivity contribution is 9.09. The molecule has 114 valence electrons. The third-order valence-electron chi connectivity index (χ3n) is 5.19. The van der Waals surface area contributed by atoms with Crippen molar-refractivity contribution in [3.63, 3.8) is 0 Å². The largest absolute Gasteiger partial charge is 0.307 e. The Morgan fingerprint density at radius 1 is 1.15 bits per heavy atom. The first-order valence-corrected chi connectivity index (χ1v) is 9.84. The molecule has 0 radical (unpaired) electrons. The predicted octanol–water partition coefficient (Wildman–Crippen LogP) is 3.11. The van der Waals surface area contributed by atoms with Crippen LogP contribution in [0.3, 0.4) is 0 Å². The number of nitrogens with two attached hydrogens (primary N) is 1. The Balaban J connectivity index is 1.57. The minimum absolute atomic E-state index is 0.0413. The number of rotatable bonds is 3. The van der Waals surface area contributed by atoms with E-state index in [4.69, 9.17) is 5.73 Å².